The van der Waals surface area contributed by atoms with Crippen molar-refractivity contribution in [2.24, 2.45) is 0 Å². The Morgan fingerprint density at radius 1 is 1.03 bits per heavy atom. The zero-order valence-corrected chi connectivity index (χ0v) is 18.9. The first kappa shape index (κ1) is 20.4. The maximum atomic E-state index is 13.6. The number of nitriles is 1. The number of fused-ring (bicyclic) bond motifs is 5. The van der Waals surface area contributed by atoms with Crippen molar-refractivity contribution in [1.82, 2.24) is 9.47 Å². The van der Waals surface area contributed by atoms with Crippen LogP contribution < -0.4 is 10.1 Å². The van der Waals surface area contributed by atoms with Crippen molar-refractivity contribution in [1.29, 1.82) is 5.26 Å². The van der Waals surface area contributed by atoms with Gasteiger partial charge in [-0.3, -0.25) is 4.79 Å². The molecule has 0 saturated carbocycles. The molecule has 0 atom stereocenters. The molecule has 1 spiro atoms. The number of ether oxygens (including phenoxy) is 1. The summed E-state index contributed by atoms with van der Waals surface area (Å²) in [6.07, 6.45) is 3.70. The van der Waals surface area contributed by atoms with Crippen LogP contribution in [0.1, 0.15) is 34.5 Å². The molecule has 3 aromatic carbocycles. The number of piperidine rings is 1. The fourth-order valence-electron chi connectivity index (χ4n) is 5.48. The Kier molecular flexibility index (Phi) is 4.59. The predicted octanol–water partition coefficient (Wildman–Crippen LogP) is 5.07. The van der Waals surface area contributed by atoms with Gasteiger partial charge in [0, 0.05) is 42.0 Å². The second-order valence-electron chi connectivity index (χ2n) is 8.96. The van der Waals surface area contributed by atoms with Crippen LogP contribution in [0.3, 0.4) is 0 Å². The van der Waals surface area contributed by atoms with Gasteiger partial charge in [0.05, 0.1) is 35.7 Å². The summed E-state index contributed by atoms with van der Waals surface area (Å²) in [7, 11) is 1.68. The molecule has 0 aliphatic carbocycles. The molecule has 1 saturated heterocycles. The lowest BCUT2D eigenvalue weighted by Gasteiger charge is -2.46. The van der Waals surface area contributed by atoms with E-state index in [2.05, 4.69) is 40.3 Å². The molecule has 4 aromatic rings. The van der Waals surface area contributed by atoms with Gasteiger partial charge in [-0.1, -0.05) is 24.3 Å². The van der Waals surface area contributed by atoms with Gasteiger partial charge in [0.2, 0.25) is 0 Å². The number of aromatic nitrogens is 1. The zero-order valence-electron chi connectivity index (χ0n) is 18.9. The van der Waals surface area contributed by atoms with E-state index < -0.39 is 0 Å². The largest absolute Gasteiger partial charge is 0.497 e. The van der Waals surface area contributed by atoms with Crippen molar-refractivity contribution in [3.63, 3.8) is 0 Å². The van der Waals surface area contributed by atoms with E-state index in [1.165, 1.54) is 5.69 Å². The number of methoxy groups -OCH3 is 1. The summed E-state index contributed by atoms with van der Waals surface area (Å²) in [5.74, 6) is 0.834. The van der Waals surface area contributed by atoms with E-state index in [9.17, 15) is 10.1 Å². The van der Waals surface area contributed by atoms with E-state index in [-0.39, 0.29) is 11.4 Å². The summed E-state index contributed by atoms with van der Waals surface area (Å²) >= 11 is 0. The molecule has 6 nitrogen and oxygen atoms in total. The lowest BCUT2D eigenvalue weighted by molar-refractivity contribution is 0.0678. The highest BCUT2D eigenvalue weighted by molar-refractivity contribution is 6.08. The molecule has 1 amide bonds. The quantitative estimate of drug-likeness (QED) is 0.465. The second-order valence-corrected chi connectivity index (χ2v) is 8.96. The first-order valence-electron chi connectivity index (χ1n) is 11.5. The minimum atomic E-state index is -0.244. The molecule has 168 valence electrons. The molecular weight excluding hydrogens is 424 g/mol. The fourth-order valence-corrected chi connectivity index (χ4v) is 5.48. The van der Waals surface area contributed by atoms with Crippen molar-refractivity contribution in [2.45, 2.75) is 18.4 Å². The number of carbonyl (C=O) groups excluding carboxylic acids is 1. The van der Waals surface area contributed by atoms with Crippen LogP contribution in [0.4, 0.5) is 5.69 Å². The Morgan fingerprint density at radius 3 is 2.59 bits per heavy atom. The molecule has 2 aliphatic heterocycles. The van der Waals surface area contributed by atoms with Crippen LogP contribution in [0.15, 0.2) is 72.9 Å². The number of amides is 1. The summed E-state index contributed by atoms with van der Waals surface area (Å²) in [6.45, 7) is 1.29. The van der Waals surface area contributed by atoms with Crippen molar-refractivity contribution in [3.8, 4) is 17.5 Å². The number of hydrogen-bond acceptors (Lipinski definition) is 4. The predicted molar refractivity (Wildman–Crippen MR) is 131 cm³/mol. The normalized spacial score (nSPS) is 15.8. The summed E-state index contributed by atoms with van der Waals surface area (Å²) in [5.41, 5.74) is 4.37. The van der Waals surface area contributed by atoms with Gasteiger partial charge in [-0.15, -0.1) is 0 Å². The molecule has 1 aromatic heterocycles. The van der Waals surface area contributed by atoms with Crippen molar-refractivity contribution in [2.75, 3.05) is 25.5 Å². The third-order valence-electron chi connectivity index (χ3n) is 7.26. The molecule has 6 heteroatoms. The highest BCUT2D eigenvalue weighted by atomic mass is 16.5. The topological polar surface area (TPSA) is 70.3 Å². The third kappa shape index (κ3) is 2.97. The molecule has 0 radical (unpaired) electrons. The summed E-state index contributed by atoms with van der Waals surface area (Å²) in [6, 6.07) is 23.8. The first-order chi connectivity index (χ1) is 16.6. The van der Waals surface area contributed by atoms with Crippen LogP contribution in [0.2, 0.25) is 0 Å². The lowest BCUT2D eigenvalue weighted by atomic mass is 9.82. The second kappa shape index (κ2) is 7.67. The Labute approximate surface area is 198 Å². The highest BCUT2D eigenvalue weighted by Crippen LogP contribution is 2.44. The molecule has 0 bridgehead atoms. The standard InChI is InChI=1S/C28H24N4O2/c1-34-20-9-11-25-24(17-20)30-28(26-7-4-14-32(25)26)12-15-31(16-13-28)27(33)23-10-8-19(18-29)21-5-2-3-6-22(21)23/h2-11,14,17,30H,12-13,15-16H2,1H3. The third-order valence-corrected chi connectivity index (χ3v) is 7.26. The molecule has 6 rings (SSSR count). The number of nitrogens with one attached hydrogen (secondary N) is 1. The van der Waals surface area contributed by atoms with Crippen molar-refractivity contribution < 1.29 is 9.53 Å². The lowest BCUT2D eigenvalue weighted by Crippen LogP contribution is -2.51. The van der Waals surface area contributed by atoms with Gasteiger partial charge in [0.15, 0.2) is 0 Å². The molecule has 0 unspecified atom stereocenters. The Balaban J connectivity index is 1.30. The van der Waals surface area contributed by atoms with Gasteiger partial charge in [0.25, 0.3) is 5.91 Å². The fraction of sp³-hybridized carbons (Fsp3) is 0.214. The number of benzene rings is 3. The van der Waals surface area contributed by atoms with Gasteiger partial charge in [-0.25, -0.2) is 0 Å². The number of hydrogen-bond donors (Lipinski definition) is 1. The van der Waals surface area contributed by atoms with Crippen molar-refractivity contribution >= 4 is 22.4 Å². The average Bonchev–Trinajstić information content (AvgIpc) is 3.39. The van der Waals surface area contributed by atoms with Crippen LogP contribution in [0.5, 0.6) is 5.75 Å². The molecule has 34 heavy (non-hydrogen) atoms. The Hall–Kier alpha value is -4.24. The maximum absolute atomic E-state index is 13.6. The SMILES string of the molecule is COc1ccc2c(c1)NC1(CCN(C(=O)c3ccc(C#N)c4ccccc34)CC1)c1cccn1-2. The molecule has 3 heterocycles. The van der Waals surface area contributed by atoms with Crippen LogP contribution >= 0.6 is 0 Å². The van der Waals surface area contributed by atoms with E-state index >= 15 is 0 Å². The smallest absolute Gasteiger partial charge is 0.254 e. The van der Waals surface area contributed by atoms with E-state index in [1.807, 2.05) is 41.3 Å². The monoisotopic (exact) mass is 448 g/mol. The molecule has 1 fully saturated rings. The molecule has 2 aliphatic rings. The van der Waals surface area contributed by atoms with Crippen molar-refractivity contribution in [3.05, 3.63) is 89.7 Å². The number of anilines is 1. The number of likely N-dealkylation sites (tertiary alicyclic amines) is 1. The number of nitrogens with zero attached hydrogens (tertiary/aromatic N) is 3. The summed E-state index contributed by atoms with van der Waals surface area (Å²) in [5, 5.41) is 14.9. The summed E-state index contributed by atoms with van der Waals surface area (Å²) < 4.78 is 7.70. The van der Waals surface area contributed by atoms with Gasteiger partial charge in [-0.05, 0) is 54.6 Å². The summed E-state index contributed by atoms with van der Waals surface area (Å²) in [4.78, 5) is 15.5. The van der Waals surface area contributed by atoms with Gasteiger partial charge in [-0.2, -0.15) is 5.26 Å². The van der Waals surface area contributed by atoms with Crippen LogP contribution in [0.25, 0.3) is 16.5 Å². The Bertz CT molecular complexity index is 1470. The van der Waals surface area contributed by atoms with Gasteiger partial charge in [0.1, 0.15) is 5.75 Å². The van der Waals surface area contributed by atoms with Gasteiger partial charge < -0.3 is 19.5 Å². The minimum Gasteiger partial charge on any atom is -0.497 e. The number of carbonyl (C=O) groups is 1. The van der Waals surface area contributed by atoms with E-state index in [0.717, 1.165) is 40.7 Å². The average molecular weight is 449 g/mol. The Morgan fingerprint density at radius 2 is 1.82 bits per heavy atom. The maximum Gasteiger partial charge on any atom is 0.254 e. The first-order valence-corrected chi connectivity index (χ1v) is 11.5. The van der Waals surface area contributed by atoms with E-state index in [1.54, 1.807) is 19.2 Å². The zero-order chi connectivity index (χ0) is 23.3. The van der Waals surface area contributed by atoms with Gasteiger partial charge >= 0.3 is 0 Å². The van der Waals surface area contributed by atoms with Crippen LogP contribution in [0, 0.1) is 11.3 Å². The molecule has 1 N–H and O–H groups in total. The van der Waals surface area contributed by atoms with Crippen LogP contribution in [-0.4, -0.2) is 35.6 Å². The van der Waals surface area contributed by atoms with E-state index in [4.69, 9.17) is 4.74 Å². The van der Waals surface area contributed by atoms with Crippen LogP contribution in [-0.2, 0) is 5.54 Å². The molecular formula is C28H24N4O2. The highest BCUT2D eigenvalue weighted by Gasteiger charge is 2.42. The minimum absolute atomic E-state index is 0.0174. The van der Waals surface area contributed by atoms with E-state index in [0.29, 0.717) is 24.2 Å². The number of rotatable bonds is 2.